The summed E-state index contributed by atoms with van der Waals surface area (Å²) in [5.41, 5.74) is 0. The molecule has 0 bridgehead atoms. The molecule has 0 rings (SSSR count). The quantitative estimate of drug-likeness (QED) is 0.330. The average Bonchev–Trinajstić information content (AvgIpc) is 1.81. The molecule has 0 aliphatic heterocycles. The highest BCUT2D eigenvalue weighted by Crippen LogP contribution is 1.76. The lowest BCUT2D eigenvalue weighted by Gasteiger charge is -1.67. The van der Waals surface area contributed by atoms with Crippen molar-refractivity contribution >= 4 is 22.6 Å². The maximum Gasteiger partial charge on any atom is 0.0702 e. The molecule has 0 aliphatic rings. The van der Waals surface area contributed by atoms with E-state index in [2.05, 4.69) is 46.3 Å². The van der Waals surface area contributed by atoms with Crippen molar-refractivity contribution in [3.05, 3.63) is 0 Å². The summed E-state index contributed by atoms with van der Waals surface area (Å²) < 4.78 is 0.906. The molecule has 0 aromatic carbocycles. The lowest BCUT2D eigenvalue weighted by Crippen LogP contribution is -1.60. The fraction of sp³-hybridized carbons (Fsp3) is 0.429. The van der Waals surface area contributed by atoms with Crippen LogP contribution in [0, 0.1) is 23.7 Å². The Bertz CT molecular complexity index is 149. The summed E-state index contributed by atoms with van der Waals surface area (Å²) in [6, 6.07) is 0. The van der Waals surface area contributed by atoms with Gasteiger partial charge in [-0.1, -0.05) is 40.4 Å². The monoisotopic (exact) mass is 218 g/mol. The van der Waals surface area contributed by atoms with Crippen molar-refractivity contribution < 1.29 is 0 Å². The van der Waals surface area contributed by atoms with Crippen LogP contribution in [-0.2, 0) is 0 Å². The second-order valence-electron chi connectivity index (χ2n) is 1.09. The van der Waals surface area contributed by atoms with Gasteiger partial charge in [0, 0.05) is 0 Å². The Labute approximate surface area is 64.2 Å². The van der Waals surface area contributed by atoms with Gasteiger partial charge in [-0.3, -0.25) is 0 Å². The molecule has 0 aromatic rings. The first kappa shape index (κ1) is 7.85. The van der Waals surface area contributed by atoms with Gasteiger partial charge in [-0.2, -0.15) is 0 Å². The topological polar surface area (TPSA) is 0 Å². The number of hydrogen-bond donors (Lipinski definition) is 0. The molecule has 0 saturated carbocycles. The number of hydrogen-bond acceptors (Lipinski definition) is 0. The van der Waals surface area contributed by atoms with E-state index in [0.29, 0.717) is 0 Å². The van der Waals surface area contributed by atoms with Crippen molar-refractivity contribution in [1.29, 1.82) is 0 Å². The minimum atomic E-state index is 0.722. The Morgan fingerprint density at radius 3 is 2.50 bits per heavy atom. The van der Waals surface area contributed by atoms with Crippen LogP contribution >= 0.6 is 22.6 Å². The van der Waals surface area contributed by atoms with Crippen LogP contribution in [0.25, 0.3) is 0 Å². The Balaban J connectivity index is 3.24. The predicted octanol–water partition coefficient (Wildman–Crippen LogP) is 1.84. The molecule has 0 aromatic heterocycles. The molecule has 0 fully saturated rings. The summed E-state index contributed by atoms with van der Waals surface area (Å²) in [6.45, 7) is 1.83. The lowest BCUT2D eigenvalue weighted by atomic mass is 10.4. The lowest BCUT2D eigenvalue weighted by molar-refractivity contribution is 1.55. The molecule has 0 spiro atoms. The first-order chi connectivity index (χ1) is 3.91. The van der Waals surface area contributed by atoms with Crippen molar-refractivity contribution in [3.8, 4) is 23.7 Å². The normalized spacial score (nSPS) is 5.75. The third kappa shape index (κ3) is 5.85. The summed E-state index contributed by atoms with van der Waals surface area (Å²) >= 11 is 2.22. The summed E-state index contributed by atoms with van der Waals surface area (Å²) in [4.78, 5) is 0. The summed E-state index contributed by atoms with van der Waals surface area (Å²) in [6.07, 6.45) is 0.722. The van der Waals surface area contributed by atoms with E-state index in [1.165, 1.54) is 0 Å². The molecule has 0 atom stereocenters. The predicted molar refractivity (Wildman–Crippen MR) is 44.7 cm³/mol. The van der Waals surface area contributed by atoms with E-state index < -0.39 is 0 Å². The Morgan fingerprint density at radius 2 is 2.00 bits per heavy atom. The first-order valence-electron chi connectivity index (χ1n) is 2.33. The molecule has 0 aliphatic carbocycles. The van der Waals surface area contributed by atoms with Crippen LogP contribution in [0.2, 0.25) is 0 Å². The van der Waals surface area contributed by atoms with Crippen LogP contribution in [0.4, 0.5) is 0 Å². The summed E-state index contributed by atoms with van der Waals surface area (Å²) in [5, 5.41) is 0. The van der Waals surface area contributed by atoms with Crippen LogP contribution in [-0.4, -0.2) is 4.43 Å². The van der Waals surface area contributed by atoms with E-state index in [0.717, 1.165) is 10.8 Å². The highest BCUT2D eigenvalue weighted by atomic mass is 127. The van der Waals surface area contributed by atoms with Crippen LogP contribution < -0.4 is 0 Å². The highest BCUT2D eigenvalue weighted by Gasteiger charge is 1.62. The van der Waals surface area contributed by atoms with E-state index in [1.54, 1.807) is 0 Å². The SMILES string of the molecule is CC#CCC#CCI. The molecule has 0 saturated heterocycles. The molecule has 0 nitrogen and oxygen atoms in total. The van der Waals surface area contributed by atoms with Crippen molar-refractivity contribution in [3.63, 3.8) is 0 Å². The zero-order valence-electron chi connectivity index (χ0n) is 4.79. The Morgan fingerprint density at radius 1 is 1.25 bits per heavy atom. The maximum atomic E-state index is 2.92. The summed E-state index contributed by atoms with van der Waals surface area (Å²) in [7, 11) is 0. The van der Waals surface area contributed by atoms with Crippen molar-refractivity contribution in [2.24, 2.45) is 0 Å². The molecular weight excluding hydrogens is 211 g/mol. The van der Waals surface area contributed by atoms with Gasteiger partial charge in [0.2, 0.25) is 0 Å². The van der Waals surface area contributed by atoms with E-state index in [4.69, 9.17) is 0 Å². The van der Waals surface area contributed by atoms with Crippen molar-refractivity contribution in [1.82, 2.24) is 0 Å². The smallest absolute Gasteiger partial charge is 0.0702 e. The third-order valence-corrected chi connectivity index (χ3v) is 0.927. The molecule has 0 amide bonds. The molecule has 0 radical (unpaired) electrons. The first-order valence-corrected chi connectivity index (χ1v) is 3.85. The van der Waals surface area contributed by atoms with E-state index >= 15 is 0 Å². The molecule has 0 unspecified atom stereocenters. The molecular formula is C7H7I. The standard InChI is InChI=1S/C7H7I/c1-2-3-4-5-6-7-8/h4,7H2,1H3. The molecule has 8 heavy (non-hydrogen) atoms. The van der Waals surface area contributed by atoms with E-state index in [9.17, 15) is 0 Å². The molecule has 1 heteroatoms. The minimum absolute atomic E-state index is 0.722. The maximum absolute atomic E-state index is 2.92. The third-order valence-electron chi connectivity index (χ3n) is 0.545. The van der Waals surface area contributed by atoms with Crippen LogP contribution in [0.1, 0.15) is 13.3 Å². The van der Waals surface area contributed by atoms with Gasteiger partial charge in [0.05, 0.1) is 10.8 Å². The highest BCUT2D eigenvalue weighted by molar-refractivity contribution is 14.1. The summed E-state index contributed by atoms with van der Waals surface area (Å²) in [5.74, 6) is 11.4. The van der Waals surface area contributed by atoms with Crippen LogP contribution in [0.15, 0.2) is 0 Å². The van der Waals surface area contributed by atoms with Gasteiger partial charge in [-0.25, -0.2) is 0 Å². The second-order valence-corrected chi connectivity index (χ2v) is 1.85. The average molecular weight is 218 g/mol. The number of alkyl halides is 1. The molecule has 42 valence electrons. The molecule has 0 N–H and O–H groups in total. The van der Waals surface area contributed by atoms with Gasteiger partial charge < -0.3 is 0 Å². The number of rotatable bonds is 0. The fourth-order valence-electron chi connectivity index (χ4n) is 0.242. The number of halogens is 1. The van der Waals surface area contributed by atoms with Crippen molar-refractivity contribution in [2.75, 3.05) is 4.43 Å². The minimum Gasteiger partial charge on any atom is -0.106 e. The van der Waals surface area contributed by atoms with Gasteiger partial charge in [-0.15, -0.1) is 5.92 Å². The van der Waals surface area contributed by atoms with Gasteiger partial charge >= 0.3 is 0 Å². The van der Waals surface area contributed by atoms with Crippen LogP contribution in [0.3, 0.4) is 0 Å². The van der Waals surface area contributed by atoms with Gasteiger partial charge in [0.15, 0.2) is 0 Å². The van der Waals surface area contributed by atoms with Gasteiger partial charge in [0.1, 0.15) is 0 Å². The largest absolute Gasteiger partial charge is 0.106 e. The fourth-order valence-corrected chi connectivity index (χ4v) is 0.512. The second kappa shape index (κ2) is 6.85. The van der Waals surface area contributed by atoms with Crippen LogP contribution in [0.5, 0.6) is 0 Å². The van der Waals surface area contributed by atoms with Gasteiger partial charge in [0.25, 0.3) is 0 Å². The van der Waals surface area contributed by atoms with E-state index in [-0.39, 0.29) is 0 Å². The Kier molecular flexibility index (Phi) is 6.72. The zero-order chi connectivity index (χ0) is 6.24. The van der Waals surface area contributed by atoms with Gasteiger partial charge in [-0.05, 0) is 6.92 Å². The Hall–Kier alpha value is -0.150. The van der Waals surface area contributed by atoms with Crippen molar-refractivity contribution in [2.45, 2.75) is 13.3 Å². The van der Waals surface area contributed by atoms with E-state index in [1.807, 2.05) is 6.92 Å². The zero-order valence-corrected chi connectivity index (χ0v) is 6.95. The molecule has 0 heterocycles.